The summed E-state index contributed by atoms with van der Waals surface area (Å²) in [5.74, 6) is 0.651. The summed E-state index contributed by atoms with van der Waals surface area (Å²) in [5, 5.41) is 4.08. The first-order valence-corrected chi connectivity index (χ1v) is 5.58. The highest BCUT2D eigenvalue weighted by Gasteiger charge is 2.00. The standard InChI is InChI=1S/C11H21N3O/c1-3-4-10(2)9-15-6-5-14-8-11(12)7-13-14/h7-8,10H,3-6,9,12H2,1-2H3. The Morgan fingerprint density at radius 1 is 1.60 bits per heavy atom. The van der Waals surface area contributed by atoms with Crippen LogP contribution in [0, 0.1) is 5.92 Å². The highest BCUT2D eigenvalue weighted by atomic mass is 16.5. The fourth-order valence-electron chi connectivity index (χ4n) is 1.52. The third kappa shape index (κ3) is 4.83. The van der Waals surface area contributed by atoms with Gasteiger partial charge in [-0.1, -0.05) is 20.3 Å². The van der Waals surface area contributed by atoms with Crippen molar-refractivity contribution in [1.29, 1.82) is 0 Å². The first-order chi connectivity index (χ1) is 7.22. The molecule has 0 fully saturated rings. The van der Waals surface area contributed by atoms with E-state index in [0.717, 1.165) is 13.2 Å². The molecule has 0 aliphatic rings. The second-order valence-corrected chi connectivity index (χ2v) is 4.01. The molecule has 0 radical (unpaired) electrons. The fraction of sp³-hybridized carbons (Fsp3) is 0.727. The summed E-state index contributed by atoms with van der Waals surface area (Å²) in [4.78, 5) is 0. The maximum atomic E-state index is 5.56. The van der Waals surface area contributed by atoms with Crippen molar-refractivity contribution in [2.24, 2.45) is 5.92 Å². The summed E-state index contributed by atoms with van der Waals surface area (Å²) in [6.45, 7) is 6.73. The number of hydrogen-bond acceptors (Lipinski definition) is 3. The van der Waals surface area contributed by atoms with Gasteiger partial charge in [-0.15, -0.1) is 0 Å². The topological polar surface area (TPSA) is 53.1 Å². The van der Waals surface area contributed by atoms with Crippen LogP contribution in [0.3, 0.4) is 0 Å². The van der Waals surface area contributed by atoms with Crippen LogP contribution in [0.15, 0.2) is 12.4 Å². The SMILES string of the molecule is CCCC(C)COCCn1cc(N)cn1. The highest BCUT2D eigenvalue weighted by molar-refractivity contribution is 5.30. The molecule has 0 saturated carbocycles. The predicted molar refractivity (Wildman–Crippen MR) is 61.5 cm³/mol. The zero-order chi connectivity index (χ0) is 11.1. The molecule has 4 nitrogen and oxygen atoms in total. The molecule has 4 heteroatoms. The van der Waals surface area contributed by atoms with Gasteiger partial charge in [0.25, 0.3) is 0 Å². The minimum absolute atomic E-state index is 0.651. The Balaban J connectivity index is 2.06. The first-order valence-electron chi connectivity index (χ1n) is 5.58. The van der Waals surface area contributed by atoms with Crippen molar-refractivity contribution in [3.8, 4) is 0 Å². The van der Waals surface area contributed by atoms with E-state index in [0.29, 0.717) is 18.2 Å². The average molecular weight is 211 g/mol. The molecule has 0 bridgehead atoms. The normalized spacial score (nSPS) is 12.9. The van der Waals surface area contributed by atoms with Crippen molar-refractivity contribution in [3.63, 3.8) is 0 Å². The van der Waals surface area contributed by atoms with Crippen molar-refractivity contribution in [3.05, 3.63) is 12.4 Å². The van der Waals surface area contributed by atoms with Crippen LogP contribution in [-0.4, -0.2) is 23.0 Å². The third-order valence-electron chi connectivity index (χ3n) is 2.30. The monoisotopic (exact) mass is 211 g/mol. The molecule has 0 amide bonds. The number of nitrogens with two attached hydrogens (primary N) is 1. The van der Waals surface area contributed by atoms with E-state index < -0.39 is 0 Å². The van der Waals surface area contributed by atoms with Crippen LogP contribution in [0.1, 0.15) is 26.7 Å². The van der Waals surface area contributed by atoms with Crippen LogP contribution in [0.4, 0.5) is 5.69 Å². The average Bonchev–Trinajstić information content (AvgIpc) is 2.60. The minimum Gasteiger partial charge on any atom is -0.396 e. The van der Waals surface area contributed by atoms with Gasteiger partial charge < -0.3 is 10.5 Å². The quantitative estimate of drug-likeness (QED) is 0.701. The number of nitrogen functional groups attached to an aromatic ring is 1. The Morgan fingerprint density at radius 3 is 3.00 bits per heavy atom. The lowest BCUT2D eigenvalue weighted by Crippen LogP contribution is -2.11. The van der Waals surface area contributed by atoms with Crippen LogP contribution in [-0.2, 0) is 11.3 Å². The Hall–Kier alpha value is -1.03. The van der Waals surface area contributed by atoms with Gasteiger partial charge in [-0.05, 0) is 12.3 Å². The van der Waals surface area contributed by atoms with E-state index in [9.17, 15) is 0 Å². The van der Waals surface area contributed by atoms with Gasteiger partial charge >= 0.3 is 0 Å². The number of aromatic nitrogens is 2. The van der Waals surface area contributed by atoms with Crippen LogP contribution in [0.25, 0.3) is 0 Å². The van der Waals surface area contributed by atoms with Crippen molar-refractivity contribution in [2.45, 2.75) is 33.2 Å². The molecule has 1 rings (SSSR count). The van der Waals surface area contributed by atoms with E-state index in [1.807, 2.05) is 6.20 Å². The fourth-order valence-corrected chi connectivity index (χ4v) is 1.52. The molecule has 0 aromatic carbocycles. The number of hydrogen-bond donors (Lipinski definition) is 1. The summed E-state index contributed by atoms with van der Waals surface area (Å²) in [6, 6.07) is 0. The summed E-state index contributed by atoms with van der Waals surface area (Å²) in [5.41, 5.74) is 6.25. The number of nitrogens with zero attached hydrogens (tertiary/aromatic N) is 2. The van der Waals surface area contributed by atoms with Gasteiger partial charge in [-0.3, -0.25) is 4.68 Å². The Morgan fingerprint density at radius 2 is 2.40 bits per heavy atom. The van der Waals surface area contributed by atoms with Gasteiger partial charge in [0, 0.05) is 12.8 Å². The van der Waals surface area contributed by atoms with Crippen molar-refractivity contribution >= 4 is 5.69 Å². The number of ether oxygens (including phenoxy) is 1. The molecule has 0 saturated heterocycles. The largest absolute Gasteiger partial charge is 0.396 e. The van der Waals surface area contributed by atoms with Crippen molar-refractivity contribution in [2.75, 3.05) is 18.9 Å². The van der Waals surface area contributed by atoms with E-state index in [1.54, 1.807) is 10.9 Å². The molecular formula is C11H21N3O. The molecule has 2 N–H and O–H groups in total. The molecule has 0 spiro atoms. The zero-order valence-corrected chi connectivity index (χ0v) is 9.65. The molecule has 15 heavy (non-hydrogen) atoms. The van der Waals surface area contributed by atoms with E-state index >= 15 is 0 Å². The molecule has 0 aliphatic carbocycles. The minimum atomic E-state index is 0.651. The third-order valence-corrected chi connectivity index (χ3v) is 2.30. The van der Waals surface area contributed by atoms with Crippen molar-refractivity contribution in [1.82, 2.24) is 9.78 Å². The molecule has 1 atom stereocenters. The summed E-state index contributed by atoms with van der Waals surface area (Å²) in [7, 11) is 0. The molecule has 1 heterocycles. The molecule has 0 aliphatic heterocycles. The lowest BCUT2D eigenvalue weighted by atomic mass is 10.1. The Kier molecular flexibility index (Phi) is 5.18. The van der Waals surface area contributed by atoms with Gasteiger partial charge in [0.1, 0.15) is 0 Å². The molecule has 86 valence electrons. The maximum Gasteiger partial charge on any atom is 0.0719 e. The van der Waals surface area contributed by atoms with E-state index in [4.69, 9.17) is 10.5 Å². The maximum absolute atomic E-state index is 5.56. The van der Waals surface area contributed by atoms with Gasteiger partial charge in [0.05, 0.1) is 25.0 Å². The summed E-state index contributed by atoms with van der Waals surface area (Å²) < 4.78 is 7.36. The predicted octanol–water partition coefficient (Wildman–Crippen LogP) is 1.92. The van der Waals surface area contributed by atoms with E-state index in [-0.39, 0.29) is 0 Å². The number of anilines is 1. The van der Waals surface area contributed by atoms with Gasteiger partial charge in [-0.2, -0.15) is 5.10 Å². The Bertz CT molecular complexity index is 273. The smallest absolute Gasteiger partial charge is 0.0719 e. The van der Waals surface area contributed by atoms with Crippen LogP contribution >= 0.6 is 0 Å². The second kappa shape index (κ2) is 6.45. The zero-order valence-electron chi connectivity index (χ0n) is 9.65. The second-order valence-electron chi connectivity index (χ2n) is 4.01. The van der Waals surface area contributed by atoms with Crippen LogP contribution in [0.5, 0.6) is 0 Å². The molecule has 1 aromatic rings. The Labute approximate surface area is 91.4 Å². The van der Waals surface area contributed by atoms with E-state index in [2.05, 4.69) is 18.9 Å². The van der Waals surface area contributed by atoms with E-state index in [1.165, 1.54) is 12.8 Å². The van der Waals surface area contributed by atoms with Crippen LogP contribution < -0.4 is 5.73 Å². The highest BCUT2D eigenvalue weighted by Crippen LogP contribution is 2.05. The first kappa shape index (κ1) is 12.0. The lowest BCUT2D eigenvalue weighted by molar-refractivity contribution is 0.0934. The summed E-state index contributed by atoms with van der Waals surface area (Å²) in [6.07, 6.45) is 5.92. The van der Waals surface area contributed by atoms with Gasteiger partial charge in [-0.25, -0.2) is 0 Å². The van der Waals surface area contributed by atoms with Gasteiger partial charge in [0.2, 0.25) is 0 Å². The summed E-state index contributed by atoms with van der Waals surface area (Å²) >= 11 is 0. The molecule has 1 aromatic heterocycles. The number of rotatable bonds is 7. The van der Waals surface area contributed by atoms with Gasteiger partial charge in [0.15, 0.2) is 0 Å². The molecule has 1 unspecified atom stereocenters. The lowest BCUT2D eigenvalue weighted by Gasteiger charge is -2.10. The van der Waals surface area contributed by atoms with Crippen LogP contribution in [0.2, 0.25) is 0 Å². The van der Waals surface area contributed by atoms with Crippen molar-refractivity contribution < 1.29 is 4.74 Å². The molecular weight excluding hydrogens is 190 g/mol.